The highest BCUT2D eigenvalue weighted by molar-refractivity contribution is 5.88. The first-order valence-corrected chi connectivity index (χ1v) is 4.80. The van der Waals surface area contributed by atoms with E-state index in [0.717, 1.165) is 22.0 Å². The first-order chi connectivity index (χ1) is 7.13. The van der Waals surface area contributed by atoms with Crippen LogP contribution in [0.5, 0.6) is 5.75 Å². The van der Waals surface area contributed by atoms with Gasteiger partial charge < -0.3 is 9.72 Å². The van der Waals surface area contributed by atoms with E-state index in [4.69, 9.17) is 4.74 Å². The molecule has 0 aliphatic rings. The molecule has 3 nitrogen and oxygen atoms in total. The van der Waals surface area contributed by atoms with Gasteiger partial charge in [0.1, 0.15) is 5.75 Å². The van der Waals surface area contributed by atoms with Gasteiger partial charge in [0.25, 0.3) is 5.56 Å². The SMILES string of the molecule is COc1cc(=O)[nH]c2c(C)c(C)ccc12. The van der Waals surface area contributed by atoms with Crippen molar-refractivity contribution in [1.82, 2.24) is 4.98 Å². The van der Waals surface area contributed by atoms with Crippen molar-refractivity contribution in [2.75, 3.05) is 7.11 Å². The van der Waals surface area contributed by atoms with Gasteiger partial charge >= 0.3 is 0 Å². The summed E-state index contributed by atoms with van der Waals surface area (Å²) in [7, 11) is 1.57. The number of fused-ring (bicyclic) bond motifs is 1. The van der Waals surface area contributed by atoms with E-state index < -0.39 is 0 Å². The highest BCUT2D eigenvalue weighted by Crippen LogP contribution is 2.25. The molecule has 0 radical (unpaired) electrons. The maximum Gasteiger partial charge on any atom is 0.252 e. The van der Waals surface area contributed by atoms with Gasteiger partial charge in [-0.25, -0.2) is 0 Å². The monoisotopic (exact) mass is 203 g/mol. The van der Waals surface area contributed by atoms with Crippen molar-refractivity contribution in [3.8, 4) is 5.75 Å². The Bertz CT molecular complexity index is 570. The number of H-pyrrole nitrogens is 1. The number of pyridine rings is 1. The molecule has 0 atom stereocenters. The van der Waals surface area contributed by atoms with Crippen LogP contribution in [0.2, 0.25) is 0 Å². The lowest BCUT2D eigenvalue weighted by Gasteiger charge is -2.08. The lowest BCUT2D eigenvalue weighted by molar-refractivity contribution is 0.419. The highest BCUT2D eigenvalue weighted by Gasteiger charge is 2.06. The van der Waals surface area contributed by atoms with E-state index in [9.17, 15) is 4.79 Å². The van der Waals surface area contributed by atoms with Crippen molar-refractivity contribution < 1.29 is 4.74 Å². The molecule has 0 aliphatic carbocycles. The lowest BCUT2D eigenvalue weighted by atomic mass is 10.1. The zero-order valence-corrected chi connectivity index (χ0v) is 9.05. The van der Waals surface area contributed by atoms with Crippen LogP contribution >= 0.6 is 0 Å². The Morgan fingerprint density at radius 2 is 2.00 bits per heavy atom. The summed E-state index contributed by atoms with van der Waals surface area (Å²) in [4.78, 5) is 14.2. The molecule has 0 amide bonds. The molecule has 2 rings (SSSR count). The molecule has 15 heavy (non-hydrogen) atoms. The maximum absolute atomic E-state index is 11.4. The van der Waals surface area contributed by atoms with Gasteiger partial charge in [-0.3, -0.25) is 4.79 Å². The number of rotatable bonds is 1. The molecule has 1 N–H and O–H groups in total. The van der Waals surface area contributed by atoms with E-state index >= 15 is 0 Å². The summed E-state index contributed by atoms with van der Waals surface area (Å²) in [5, 5.41) is 0.945. The smallest absolute Gasteiger partial charge is 0.252 e. The molecule has 0 unspecified atom stereocenters. The van der Waals surface area contributed by atoms with Gasteiger partial charge in [-0.2, -0.15) is 0 Å². The number of methoxy groups -OCH3 is 1. The third-order valence-electron chi connectivity index (χ3n) is 2.73. The second-order valence-electron chi connectivity index (χ2n) is 3.63. The first kappa shape index (κ1) is 9.77. The second kappa shape index (κ2) is 3.42. The number of benzene rings is 1. The maximum atomic E-state index is 11.4. The van der Waals surface area contributed by atoms with Gasteiger partial charge in [-0.15, -0.1) is 0 Å². The number of nitrogens with one attached hydrogen (secondary N) is 1. The Morgan fingerprint density at radius 1 is 1.27 bits per heavy atom. The molecule has 1 aromatic carbocycles. The minimum Gasteiger partial charge on any atom is -0.496 e. The summed E-state index contributed by atoms with van der Waals surface area (Å²) in [5.41, 5.74) is 2.97. The van der Waals surface area contributed by atoms with Gasteiger partial charge in [0.2, 0.25) is 0 Å². The highest BCUT2D eigenvalue weighted by atomic mass is 16.5. The van der Waals surface area contributed by atoms with Crippen LogP contribution in [0.4, 0.5) is 0 Å². The van der Waals surface area contributed by atoms with E-state index in [-0.39, 0.29) is 5.56 Å². The predicted molar refractivity (Wildman–Crippen MR) is 60.6 cm³/mol. The van der Waals surface area contributed by atoms with Crippen LogP contribution in [0.1, 0.15) is 11.1 Å². The van der Waals surface area contributed by atoms with Gasteiger partial charge in [-0.1, -0.05) is 6.07 Å². The minimum atomic E-state index is -0.131. The van der Waals surface area contributed by atoms with Crippen LogP contribution in [0, 0.1) is 13.8 Å². The molecular weight excluding hydrogens is 190 g/mol. The summed E-state index contributed by atoms with van der Waals surface area (Å²) in [6, 6.07) is 5.46. The normalized spacial score (nSPS) is 10.6. The molecule has 0 fully saturated rings. The number of hydrogen-bond donors (Lipinski definition) is 1. The fourth-order valence-corrected chi connectivity index (χ4v) is 1.71. The summed E-state index contributed by atoms with van der Waals surface area (Å²) in [6.07, 6.45) is 0. The van der Waals surface area contributed by atoms with Crippen molar-refractivity contribution >= 4 is 10.9 Å². The van der Waals surface area contributed by atoms with Crippen LogP contribution < -0.4 is 10.3 Å². The summed E-state index contributed by atoms with van der Waals surface area (Å²) in [5.74, 6) is 0.622. The molecule has 0 spiro atoms. The zero-order chi connectivity index (χ0) is 11.0. The predicted octanol–water partition coefficient (Wildman–Crippen LogP) is 2.15. The van der Waals surface area contributed by atoms with Crippen molar-refractivity contribution in [2.45, 2.75) is 13.8 Å². The fraction of sp³-hybridized carbons (Fsp3) is 0.250. The Hall–Kier alpha value is -1.77. The average Bonchev–Trinajstić information content (AvgIpc) is 2.23. The summed E-state index contributed by atoms with van der Waals surface area (Å²) in [6.45, 7) is 4.01. The summed E-state index contributed by atoms with van der Waals surface area (Å²) >= 11 is 0. The quantitative estimate of drug-likeness (QED) is 0.771. The Balaban J connectivity index is 2.96. The minimum absolute atomic E-state index is 0.131. The third-order valence-corrected chi connectivity index (χ3v) is 2.73. The number of aromatic nitrogens is 1. The first-order valence-electron chi connectivity index (χ1n) is 4.80. The number of ether oxygens (including phenoxy) is 1. The lowest BCUT2D eigenvalue weighted by Crippen LogP contribution is -2.06. The van der Waals surface area contributed by atoms with E-state index in [1.54, 1.807) is 7.11 Å². The molecule has 1 heterocycles. The molecule has 0 saturated heterocycles. The van der Waals surface area contributed by atoms with Crippen LogP contribution in [0.25, 0.3) is 10.9 Å². The van der Waals surface area contributed by atoms with Crippen LogP contribution in [-0.4, -0.2) is 12.1 Å². The van der Waals surface area contributed by atoms with Gasteiger partial charge in [-0.05, 0) is 31.0 Å². The van der Waals surface area contributed by atoms with Gasteiger partial charge in [0, 0.05) is 11.5 Å². The molecule has 78 valence electrons. The van der Waals surface area contributed by atoms with Crippen LogP contribution in [0.15, 0.2) is 23.0 Å². The second-order valence-corrected chi connectivity index (χ2v) is 3.63. The van der Waals surface area contributed by atoms with E-state index in [1.807, 2.05) is 26.0 Å². The fourth-order valence-electron chi connectivity index (χ4n) is 1.71. The zero-order valence-electron chi connectivity index (χ0n) is 9.05. The number of hydrogen-bond acceptors (Lipinski definition) is 2. The molecule has 1 aromatic heterocycles. The van der Waals surface area contributed by atoms with Crippen molar-refractivity contribution in [3.63, 3.8) is 0 Å². The van der Waals surface area contributed by atoms with E-state index in [0.29, 0.717) is 5.75 Å². The average molecular weight is 203 g/mol. The Morgan fingerprint density at radius 3 is 2.67 bits per heavy atom. The number of aryl methyl sites for hydroxylation is 2. The molecule has 0 bridgehead atoms. The Labute approximate surface area is 87.7 Å². The molecular formula is C12H13NO2. The van der Waals surface area contributed by atoms with Crippen molar-refractivity contribution in [3.05, 3.63) is 39.7 Å². The van der Waals surface area contributed by atoms with E-state index in [1.165, 1.54) is 6.07 Å². The largest absolute Gasteiger partial charge is 0.496 e. The summed E-state index contributed by atoms with van der Waals surface area (Å²) < 4.78 is 5.18. The van der Waals surface area contributed by atoms with Crippen LogP contribution in [0.3, 0.4) is 0 Å². The standard InChI is InChI=1S/C12H13NO2/c1-7-4-5-9-10(15-3)6-11(14)13-12(9)8(7)2/h4-6H,1-3H3,(H,13,14). The topological polar surface area (TPSA) is 42.1 Å². The third kappa shape index (κ3) is 1.50. The van der Waals surface area contributed by atoms with Crippen molar-refractivity contribution in [1.29, 1.82) is 0 Å². The van der Waals surface area contributed by atoms with Crippen molar-refractivity contribution in [2.24, 2.45) is 0 Å². The van der Waals surface area contributed by atoms with Gasteiger partial charge in [0.05, 0.1) is 12.6 Å². The molecule has 0 saturated carbocycles. The van der Waals surface area contributed by atoms with Gasteiger partial charge in [0.15, 0.2) is 0 Å². The molecule has 2 aromatic rings. The number of aromatic amines is 1. The van der Waals surface area contributed by atoms with E-state index in [2.05, 4.69) is 4.98 Å². The molecule has 3 heteroatoms. The van der Waals surface area contributed by atoms with Crippen LogP contribution in [-0.2, 0) is 0 Å². The molecule has 0 aliphatic heterocycles. The Kier molecular flexibility index (Phi) is 2.23.